The summed E-state index contributed by atoms with van der Waals surface area (Å²) in [6, 6.07) is 7.77. The van der Waals surface area contributed by atoms with Gasteiger partial charge >= 0.3 is 0 Å². The van der Waals surface area contributed by atoms with Crippen LogP contribution in [-0.4, -0.2) is 21.9 Å². The molecule has 2 aromatic rings. The average Bonchev–Trinajstić information content (AvgIpc) is 2.84. The fourth-order valence-corrected chi connectivity index (χ4v) is 2.33. The van der Waals surface area contributed by atoms with Crippen LogP contribution < -0.4 is 10.5 Å². The van der Waals surface area contributed by atoms with Crippen LogP contribution in [0.5, 0.6) is 5.75 Å². The number of nitrogens with zero attached hydrogens (tertiary/aromatic N) is 3. The third-order valence-electron chi connectivity index (χ3n) is 3.26. The van der Waals surface area contributed by atoms with Gasteiger partial charge in [-0.1, -0.05) is 12.1 Å². The van der Waals surface area contributed by atoms with Gasteiger partial charge in [-0.3, -0.25) is 0 Å². The normalized spacial score (nSPS) is 18.4. The van der Waals surface area contributed by atoms with Crippen LogP contribution >= 0.6 is 0 Å². The molecule has 3 rings (SSSR count). The summed E-state index contributed by atoms with van der Waals surface area (Å²) < 4.78 is 7.18. The van der Waals surface area contributed by atoms with E-state index < -0.39 is 0 Å². The molecule has 1 atom stereocenters. The van der Waals surface area contributed by atoms with E-state index in [1.165, 1.54) is 0 Å². The van der Waals surface area contributed by atoms with E-state index in [9.17, 15) is 0 Å². The number of para-hydroxylation sites is 1. The van der Waals surface area contributed by atoms with Gasteiger partial charge in [0.05, 0.1) is 12.7 Å². The lowest BCUT2D eigenvalue weighted by Gasteiger charge is -2.18. The lowest BCUT2D eigenvalue weighted by atomic mass is 10.1. The maximum absolute atomic E-state index is 6.04. The minimum Gasteiger partial charge on any atom is -0.496 e. The summed E-state index contributed by atoms with van der Waals surface area (Å²) in [5.41, 5.74) is 6.95. The summed E-state index contributed by atoms with van der Waals surface area (Å²) in [7, 11) is 1.65. The Hall–Kier alpha value is -1.88. The molecule has 2 heterocycles. The largest absolute Gasteiger partial charge is 0.496 e. The zero-order chi connectivity index (χ0) is 12.5. The van der Waals surface area contributed by atoms with E-state index >= 15 is 0 Å². The summed E-state index contributed by atoms with van der Waals surface area (Å²) in [6.45, 7) is 0. The Morgan fingerprint density at radius 3 is 3.00 bits per heavy atom. The van der Waals surface area contributed by atoms with Gasteiger partial charge < -0.3 is 10.5 Å². The van der Waals surface area contributed by atoms with Crippen molar-refractivity contribution in [1.29, 1.82) is 0 Å². The highest BCUT2D eigenvalue weighted by atomic mass is 16.5. The predicted octanol–water partition coefficient (Wildman–Crippen LogP) is 1.75. The van der Waals surface area contributed by atoms with Gasteiger partial charge in [0.1, 0.15) is 17.7 Å². The highest BCUT2D eigenvalue weighted by Crippen LogP contribution is 2.29. The van der Waals surface area contributed by atoms with Gasteiger partial charge in [-0.05, 0) is 25.0 Å². The number of rotatable bonds is 2. The standard InChI is InChI=1S/C13H16N4O/c1-18-10-6-3-2-5-9(10)13-15-12-8-4-7-11(14)17(12)16-13/h2-3,5-6,11H,4,7-8,14H2,1H3. The van der Waals surface area contributed by atoms with Crippen molar-refractivity contribution in [1.82, 2.24) is 14.8 Å². The number of fused-ring (bicyclic) bond motifs is 1. The van der Waals surface area contributed by atoms with Crippen molar-refractivity contribution in [2.45, 2.75) is 25.4 Å². The molecule has 0 amide bonds. The molecule has 0 radical (unpaired) electrons. The van der Waals surface area contributed by atoms with Gasteiger partial charge in [-0.25, -0.2) is 9.67 Å². The Balaban J connectivity index is 2.07. The lowest BCUT2D eigenvalue weighted by molar-refractivity contribution is 0.372. The first-order valence-electron chi connectivity index (χ1n) is 6.14. The van der Waals surface area contributed by atoms with Gasteiger partial charge in [0.2, 0.25) is 0 Å². The van der Waals surface area contributed by atoms with Crippen molar-refractivity contribution in [3.05, 3.63) is 30.1 Å². The lowest BCUT2D eigenvalue weighted by Crippen LogP contribution is -2.25. The molecular weight excluding hydrogens is 228 g/mol. The van der Waals surface area contributed by atoms with Crippen LogP contribution in [0.2, 0.25) is 0 Å². The van der Waals surface area contributed by atoms with E-state index in [4.69, 9.17) is 10.5 Å². The molecule has 0 spiro atoms. The highest BCUT2D eigenvalue weighted by Gasteiger charge is 2.21. The Morgan fingerprint density at radius 2 is 2.22 bits per heavy atom. The maximum Gasteiger partial charge on any atom is 0.185 e. The molecule has 0 fully saturated rings. The summed E-state index contributed by atoms with van der Waals surface area (Å²) in [4.78, 5) is 4.57. The van der Waals surface area contributed by atoms with Crippen molar-refractivity contribution in [3.63, 3.8) is 0 Å². The van der Waals surface area contributed by atoms with E-state index in [-0.39, 0.29) is 6.17 Å². The topological polar surface area (TPSA) is 66.0 Å². The van der Waals surface area contributed by atoms with E-state index in [0.29, 0.717) is 5.82 Å². The van der Waals surface area contributed by atoms with Crippen LogP contribution in [0.15, 0.2) is 24.3 Å². The summed E-state index contributed by atoms with van der Waals surface area (Å²) in [6.07, 6.45) is 2.92. The van der Waals surface area contributed by atoms with Crippen LogP contribution in [0.3, 0.4) is 0 Å². The van der Waals surface area contributed by atoms with Gasteiger partial charge in [-0.15, -0.1) is 5.10 Å². The molecule has 1 aliphatic heterocycles. The van der Waals surface area contributed by atoms with Crippen molar-refractivity contribution < 1.29 is 4.74 Å². The quantitative estimate of drug-likeness (QED) is 0.874. The molecule has 0 aliphatic carbocycles. The Kier molecular flexibility index (Phi) is 2.76. The smallest absolute Gasteiger partial charge is 0.185 e. The highest BCUT2D eigenvalue weighted by molar-refractivity contribution is 5.63. The monoisotopic (exact) mass is 244 g/mol. The van der Waals surface area contributed by atoms with Crippen LogP contribution in [0.1, 0.15) is 24.8 Å². The Morgan fingerprint density at radius 1 is 1.39 bits per heavy atom. The zero-order valence-electron chi connectivity index (χ0n) is 10.3. The zero-order valence-corrected chi connectivity index (χ0v) is 10.3. The fraction of sp³-hybridized carbons (Fsp3) is 0.385. The first-order chi connectivity index (χ1) is 8.79. The molecule has 18 heavy (non-hydrogen) atoms. The predicted molar refractivity (Wildman–Crippen MR) is 68.2 cm³/mol. The fourth-order valence-electron chi connectivity index (χ4n) is 2.33. The molecule has 5 heteroatoms. The molecule has 1 aromatic heterocycles. The van der Waals surface area contributed by atoms with E-state index in [1.807, 2.05) is 28.9 Å². The molecule has 1 unspecified atom stereocenters. The van der Waals surface area contributed by atoms with Crippen molar-refractivity contribution >= 4 is 0 Å². The second kappa shape index (κ2) is 4.42. The number of benzene rings is 1. The minimum absolute atomic E-state index is 0.0512. The minimum atomic E-state index is -0.0512. The van der Waals surface area contributed by atoms with Gasteiger partial charge in [0, 0.05) is 6.42 Å². The van der Waals surface area contributed by atoms with Crippen molar-refractivity contribution in [2.24, 2.45) is 5.73 Å². The van der Waals surface area contributed by atoms with Gasteiger partial charge in [0.15, 0.2) is 5.82 Å². The first kappa shape index (κ1) is 11.2. The van der Waals surface area contributed by atoms with Crippen LogP contribution in [0.4, 0.5) is 0 Å². The van der Waals surface area contributed by atoms with Crippen LogP contribution in [0.25, 0.3) is 11.4 Å². The summed E-state index contributed by atoms with van der Waals surface area (Å²) >= 11 is 0. The molecule has 1 aliphatic rings. The molecule has 0 saturated carbocycles. The molecule has 1 aromatic carbocycles. The third kappa shape index (κ3) is 1.76. The molecule has 0 saturated heterocycles. The number of ether oxygens (including phenoxy) is 1. The number of hydrogen-bond acceptors (Lipinski definition) is 4. The average molecular weight is 244 g/mol. The van der Waals surface area contributed by atoms with E-state index in [1.54, 1.807) is 7.11 Å². The first-order valence-corrected chi connectivity index (χ1v) is 6.14. The number of methoxy groups -OCH3 is 1. The Labute approximate surface area is 106 Å². The van der Waals surface area contributed by atoms with Gasteiger partial charge in [0.25, 0.3) is 0 Å². The van der Waals surface area contributed by atoms with Crippen LogP contribution in [-0.2, 0) is 6.42 Å². The molecular formula is C13H16N4O. The van der Waals surface area contributed by atoms with Crippen molar-refractivity contribution in [3.8, 4) is 17.1 Å². The summed E-state index contributed by atoms with van der Waals surface area (Å²) in [5, 5.41) is 4.51. The molecule has 5 nitrogen and oxygen atoms in total. The second-order valence-corrected chi connectivity index (χ2v) is 4.46. The summed E-state index contributed by atoms with van der Waals surface area (Å²) in [5.74, 6) is 2.45. The van der Waals surface area contributed by atoms with E-state index in [2.05, 4.69) is 10.1 Å². The SMILES string of the molecule is COc1ccccc1-c1nc2n(n1)C(N)CCC2. The third-order valence-corrected chi connectivity index (χ3v) is 3.26. The molecule has 2 N–H and O–H groups in total. The molecule has 0 bridgehead atoms. The Bertz CT molecular complexity index is 564. The maximum atomic E-state index is 6.04. The van der Waals surface area contributed by atoms with Crippen LogP contribution in [0, 0.1) is 0 Å². The number of aromatic nitrogens is 3. The number of hydrogen-bond donors (Lipinski definition) is 1. The number of nitrogens with two attached hydrogens (primary N) is 1. The second-order valence-electron chi connectivity index (χ2n) is 4.46. The van der Waals surface area contributed by atoms with E-state index in [0.717, 1.165) is 36.4 Å². The van der Waals surface area contributed by atoms with Gasteiger partial charge in [-0.2, -0.15) is 0 Å². The van der Waals surface area contributed by atoms with Crippen molar-refractivity contribution in [2.75, 3.05) is 7.11 Å². The molecule has 94 valence electrons. The number of aryl methyl sites for hydroxylation is 1.